The number of carbonyl (C=O) groups excluding carboxylic acids is 1. The number of hydrogen-bond donors (Lipinski definition) is 1. The number of ether oxygens (including phenoxy) is 2. The van der Waals surface area contributed by atoms with Crippen molar-refractivity contribution in [1.82, 2.24) is 14.8 Å². The van der Waals surface area contributed by atoms with Gasteiger partial charge in [-0.05, 0) is 37.1 Å². The molecule has 0 saturated heterocycles. The van der Waals surface area contributed by atoms with Gasteiger partial charge in [0.1, 0.15) is 18.1 Å². The molecule has 7 nitrogen and oxygen atoms in total. The second-order valence-electron chi connectivity index (χ2n) is 6.88. The number of thioether (sulfide) groups is 1. The number of anilines is 1. The molecule has 0 atom stereocenters. The lowest BCUT2D eigenvalue weighted by Gasteiger charge is -2.12. The molecule has 1 heterocycles. The Labute approximate surface area is 186 Å². The molecule has 0 spiro atoms. The Kier molecular flexibility index (Phi) is 7.72. The SMILES string of the molecule is C=CCn1c(COc2c(C)cccc2C)nnc1SCC(=O)Nc1cccc(OC)c1. The van der Waals surface area contributed by atoms with Gasteiger partial charge < -0.3 is 14.8 Å². The number of nitrogens with zero attached hydrogens (tertiary/aromatic N) is 3. The minimum Gasteiger partial charge on any atom is -0.497 e. The highest BCUT2D eigenvalue weighted by atomic mass is 32.2. The van der Waals surface area contributed by atoms with Gasteiger partial charge in [0.25, 0.3) is 0 Å². The van der Waals surface area contributed by atoms with Crippen LogP contribution in [0.4, 0.5) is 5.69 Å². The van der Waals surface area contributed by atoms with Crippen molar-refractivity contribution in [1.29, 1.82) is 0 Å². The van der Waals surface area contributed by atoms with Crippen LogP contribution in [0.5, 0.6) is 11.5 Å². The number of benzene rings is 2. The molecule has 3 aromatic rings. The molecular weight excluding hydrogens is 412 g/mol. The Morgan fingerprint density at radius 2 is 1.94 bits per heavy atom. The van der Waals surface area contributed by atoms with E-state index in [2.05, 4.69) is 22.1 Å². The number of amides is 1. The van der Waals surface area contributed by atoms with E-state index in [9.17, 15) is 4.79 Å². The van der Waals surface area contributed by atoms with Crippen LogP contribution in [0.1, 0.15) is 17.0 Å². The molecule has 3 rings (SSSR count). The number of carbonyl (C=O) groups is 1. The Balaban J connectivity index is 1.64. The van der Waals surface area contributed by atoms with E-state index in [4.69, 9.17) is 9.47 Å². The lowest BCUT2D eigenvalue weighted by atomic mass is 10.1. The number of aryl methyl sites for hydroxylation is 2. The van der Waals surface area contributed by atoms with Gasteiger partial charge in [0, 0.05) is 18.3 Å². The molecule has 0 fully saturated rings. The number of rotatable bonds is 10. The Hall–Kier alpha value is -3.26. The van der Waals surface area contributed by atoms with Crippen molar-refractivity contribution in [2.45, 2.75) is 32.2 Å². The van der Waals surface area contributed by atoms with Crippen LogP contribution in [-0.2, 0) is 17.9 Å². The molecule has 2 aromatic carbocycles. The summed E-state index contributed by atoms with van der Waals surface area (Å²) in [5, 5.41) is 12.0. The minimum absolute atomic E-state index is 0.139. The summed E-state index contributed by atoms with van der Waals surface area (Å²) >= 11 is 1.32. The van der Waals surface area contributed by atoms with Crippen LogP contribution >= 0.6 is 11.8 Å². The smallest absolute Gasteiger partial charge is 0.234 e. The molecule has 31 heavy (non-hydrogen) atoms. The Morgan fingerprint density at radius 1 is 1.19 bits per heavy atom. The molecule has 0 bridgehead atoms. The molecule has 1 amide bonds. The van der Waals surface area contributed by atoms with Crippen molar-refractivity contribution < 1.29 is 14.3 Å². The van der Waals surface area contributed by atoms with Crippen LogP contribution in [0.2, 0.25) is 0 Å². The predicted molar refractivity (Wildman–Crippen MR) is 123 cm³/mol. The second kappa shape index (κ2) is 10.7. The van der Waals surface area contributed by atoms with Crippen molar-refractivity contribution in [3.63, 3.8) is 0 Å². The van der Waals surface area contributed by atoms with Gasteiger partial charge in [-0.25, -0.2) is 0 Å². The van der Waals surface area contributed by atoms with Gasteiger partial charge in [0.15, 0.2) is 11.0 Å². The summed E-state index contributed by atoms with van der Waals surface area (Å²) in [5.74, 6) is 2.27. The minimum atomic E-state index is -0.139. The summed E-state index contributed by atoms with van der Waals surface area (Å²) in [6.07, 6.45) is 1.77. The zero-order chi connectivity index (χ0) is 22.2. The monoisotopic (exact) mass is 438 g/mol. The van der Waals surface area contributed by atoms with Crippen LogP contribution in [0.15, 0.2) is 60.3 Å². The number of para-hydroxylation sites is 1. The van der Waals surface area contributed by atoms with Crippen molar-refractivity contribution in [3.05, 3.63) is 72.1 Å². The van der Waals surface area contributed by atoms with Gasteiger partial charge in [-0.3, -0.25) is 9.36 Å². The fraction of sp³-hybridized carbons (Fsp3) is 0.261. The van der Waals surface area contributed by atoms with Gasteiger partial charge in [-0.1, -0.05) is 42.1 Å². The van der Waals surface area contributed by atoms with Gasteiger partial charge in [-0.15, -0.1) is 16.8 Å². The number of allylic oxidation sites excluding steroid dienone is 1. The number of methoxy groups -OCH3 is 1. The first kappa shape index (κ1) is 22.4. The summed E-state index contributed by atoms with van der Waals surface area (Å²) in [6.45, 7) is 8.65. The molecule has 1 aromatic heterocycles. The Bertz CT molecular complexity index is 1040. The number of nitrogens with one attached hydrogen (secondary N) is 1. The molecular formula is C23H26N4O3S. The highest BCUT2D eigenvalue weighted by Gasteiger charge is 2.15. The molecule has 1 N–H and O–H groups in total. The third-order valence-electron chi connectivity index (χ3n) is 4.55. The lowest BCUT2D eigenvalue weighted by molar-refractivity contribution is -0.113. The first-order valence-electron chi connectivity index (χ1n) is 9.80. The van der Waals surface area contributed by atoms with Crippen LogP contribution in [0, 0.1) is 13.8 Å². The van der Waals surface area contributed by atoms with E-state index in [1.54, 1.807) is 19.3 Å². The topological polar surface area (TPSA) is 78.3 Å². The summed E-state index contributed by atoms with van der Waals surface area (Å²) < 4.78 is 13.1. The average Bonchev–Trinajstić information content (AvgIpc) is 3.14. The van der Waals surface area contributed by atoms with Crippen LogP contribution < -0.4 is 14.8 Å². The van der Waals surface area contributed by atoms with Gasteiger partial charge in [-0.2, -0.15) is 0 Å². The lowest BCUT2D eigenvalue weighted by Crippen LogP contribution is -2.15. The normalized spacial score (nSPS) is 10.5. The summed E-state index contributed by atoms with van der Waals surface area (Å²) in [6, 6.07) is 13.3. The van der Waals surface area contributed by atoms with E-state index in [1.807, 2.05) is 54.8 Å². The summed E-state index contributed by atoms with van der Waals surface area (Å²) in [5.41, 5.74) is 2.82. The third kappa shape index (κ3) is 5.88. The van der Waals surface area contributed by atoms with Crippen LogP contribution in [0.25, 0.3) is 0 Å². The summed E-state index contributed by atoms with van der Waals surface area (Å²) in [7, 11) is 1.59. The highest BCUT2D eigenvalue weighted by Crippen LogP contribution is 2.24. The van der Waals surface area contributed by atoms with E-state index >= 15 is 0 Å². The molecule has 0 aliphatic rings. The van der Waals surface area contributed by atoms with E-state index in [0.717, 1.165) is 16.9 Å². The largest absolute Gasteiger partial charge is 0.497 e. The quantitative estimate of drug-likeness (QED) is 0.373. The zero-order valence-electron chi connectivity index (χ0n) is 17.9. The molecule has 0 saturated carbocycles. The third-order valence-corrected chi connectivity index (χ3v) is 5.51. The van der Waals surface area contributed by atoms with Gasteiger partial charge in [0.2, 0.25) is 5.91 Å². The number of aromatic nitrogens is 3. The average molecular weight is 439 g/mol. The zero-order valence-corrected chi connectivity index (χ0v) is 18.7. The summed E-state index contributed by atoms with van der Waals surface area (Å²) in [4.78, 5) is 12.4. The highest BCUT2D eigenvalue weighted by molar-refractivity contribution is 7.99. The molecule has 0 unspecified atom stereocenters. The van der Waals surface area contributed by atoms with Crippen LogP contribution in [-0.4, -0.2) is 33.5 Å². The first-order chi connectivity index (χ1) is 15.0. The van der Waals surface area contributed by atoms with E-state index in [0.29, 0.717) is 29.0 Å². The maximum absolute atomic E-state index is 12.4. The molecule has 162 valence electrons. The standard InChI is InChI=1S/C23H26N4O3S/c1-5-12-27-20(14-30-22-16(2)8-6-9-17(22)3)25-26-23(27)31-15-21(28)24-18-10-7-11-19(13-18)29-4/h5-11,13H,1,12,14-15H2,2-4H3,(H,24,28). The first-order valence-corrected chi connectivity index (χ1v) is 10.8. The molecule has 0 aliphatic carbocycles. The second-order valence-corrected chi connectivity index (χ2v) is 7.82. The van der Waals surface area contributed by atoms with Crippen molar-refractivity contribution in [3.8, 4) is 11.5 Å². The molecule has 0 aliphatic heterocycles. The number of hydrogen-bond acceptors (Lipinski definition) is 6. The van der Waals surface area contributed by atoms with Crippen LogP contribution in [0.3, 0.4) is 0 Å². The fourth-order valence-corrected chi connectivity index (χ4v) is 3.80. The van der Waals surface area contributed by atoms with Gasteiger partial charge in [0.05, 0.1) is 12.9 Å². The van der Waals surface area contributed by atoms with Crippen molar-refractivity contribution in [2.24, 2.45) is 0 Å². The van der Waals surface area contributed by atoms with E-state index in [1.165, 1.54) is 11.8 Å². The van der Waals surface area contributed by atoms with Gasteiger partial charge >= 0.3 is 0 Å². The van der Waals surface area contributed by atoms with E-state index < -0.39 is 0 Å². The molecule has 8 heteroatoms. The van der Waals surface area contributed by atoms with Crippen molar-refractivity contribution in [2.75, 3.05) is 18.2 Å². The maximum Gasteiger partial charge on any atom is 0.234 e. The molecule has 0 radical (unpaired) electrons. The van der Waals surface area contributed by atoms with Crippen molar-refractivity contribution >= 4 is 23.4 Å². The fourth-order valence-electron chi connectivity index (χ4n) is 3.04. The maximum atomic E-state index is 12.4. The Morgan fingerprint density at radius 3 is 2.65 bits per heavy atom. The predicted octanol–water partition coefficient (Wildman–Crippen LogP) is 4.40. The van der Waals surface area contributed by atoms with E-state index in [-0.39, 0.29) is 18.3 Å².